The average Bonchev–Trinajstić information content (AvgIpc) is 2.17. The third kappa shape index (κ3) is 3.08. The van der Waals surface area contributed by atoms with Crippen molar-refractivity contribution in [1.82, 2.24) is 0 Å². The maximum absolute atomic E-state index is 7.62. The molecule has 0 radical (unpaired) electrons. The first-order valence-electron chi connectivity index (χ1n) is 5.91. The van der Waals surface area contributed by atoms with Crippen LogP contribution in [-0.2, 0) is 0 Å². The standard InChI is InChI=1S/C10H14O/c1-10(2,3)11-9-7-5-4-6-8-9/h4-8H,1-3H3/i4D,5D,6D,7D,8D. The molecular formula is C10H14O. The molecule has 0 atom stereocenters. The third-order valence-corrected chi connectivity index (χ3v) is 0.885. The summed E-state index contributed by atoms with van der Waals surface area (Å²) in [4.78, 5) is 0. The highest BCUT2D eigenvalue weighted by Crippen LogP contribution is 2.16. The first kappa shape index (κ1) is 3.61. The predicted octanol–water partition coefficient (Wildman–Crippen LogP) is 2.86. The molecule has 0 amide bonds. The summed E-state index contributed by atoms with van der Waals surface area (Å²) in [6.07, 6.45) is 0. The lowest BCUT2D eigenvalue weighted by Gasteiger charge is -2.20. The summed E-state index contributed by atoms with van der Waals surface area (Å²) in [7, 11) is 0. The van der Waals surface area contributed by atoms with E-state index in [0.717, 1.165) is 0 Å². The lowest BCUT2D eigenvalue weighted by atomic mass is 10.2. The fraction of sp³-hybridized carbons (Fsp3) is 0.400. The Morgan fingerprint density at radius 3 is 2.18 bits per heavy atom. The average molecular weight is 155 g/mol. The van der Waals surface area contributed by atoms with Crippen molar-refractivity contribution >= 4 is 0 Å². The largest absolute Gasteiger partial charge is 0.488 e. The van der Waals surface area contributed by atoms with Gasteiger partial charge >= 0.3 is 0 Å². The number of benzene rings is 1. The SMILES string of the molecule is [2H]c1c([2H])c([2H])c(OC(C)(C)C)c([2H])c1[2H]. The number of ether oxygens (including phenoxy) is 1. The van der Waals surface area contributed by atoms with E-state index in [4.69, 9.17) is 11.6 Å². The molecule has 60 valence electrons. The molecule has 11 heavy (non-hydrogen) atoms. The molecule has 0 aliphatic carbocycles. The van der Waals surface area contributed by atoms with E-state index in [0.29, 0.717) is 0 Å². The van der Waals surface area contributed by atoms with Crippen LogP contribution >= 0.6 is 0 Å². The second-order valence-corrected chi connectivity index (χ2v) is 3.17. The molecular weight excluding hydrogens is 136 g/mol. The number of para-hydroxylation sites is 1. The van der Waals surface area contributed by atoms with E-state index in [2.05, 4.69) is 0 Å². The van der Waals surface area contributed by atoms with Crippen molar-refractivity contribution in [3.8, 4) is 5.75 Å². The van der Waals surface area contributed by atoms with Gasteiger partial charge in [-0.15, -0.1) is 0 Å². The fourth-order valence-electron chi connectivity index (χ4n) is 0.596. The first-order chi connectivity index (χ1) is 7.15. The third-order valence-electron chi connectivity index (χ3n) is 0.885. The van der Waals surface area contributed by atoms with E-state index in [9.17, 15) is 0 Å². The van der Waals surface area contributed by atoms with Crippen LogP contribution in [0.5, 0.6) is 5.75 Å². The van der Waals surface area contributed by atoms with Crippen molar-refractivity contribution in [2.45, 2.75) is 26.4 Å². The van der Waals surface area contributed by atoms with Crippen molar-refractivity contribution in [2.24, 2.45) is 0 Å². The Kier molecular flexibility index (Phi) is 0.970. The lowest BCUT2D eigenvalue weighted by Crippen LogP contribution is -2.22. The molecule has 0 aliphatic heterocycles. The van der Waals surface area contributed by atoms with Crippen LogP contribution in [0, 0.1) is 0 Å². The van der Waals surface area contributed by atoms with Crippen molar-refractivity contribution in [1.29, 1.82) is 0 Å². The van der Waals surface area contributed by atoms with E-state index in [-0.39, 0.29) is 29.9 Å². The number of hydrogen-bond donors (Lipinski definition) is 0. The lowest BCUT2D eigenvalue weighted by molar-refractivity contribution is 0.131. The van der Waals surface area contributed by atoms with Crippen molar-refractivity contribution < 1.29 is 11.6 Å². The van der Waals surface area contributed by atoms with E-state index < -0.39 is 11.6 Å². The molecule has 1 aromatic rings. The highest BCUT2D eigenvalue weighted by atomic mass is 16.5. The molecule has 0 bridgehead atoms. The predicted molar refractivity (Wildman–Crippen MR) is 46.8 cm³/mol. The number of hydrogen-bond acceptors (Lipinski definition) is 1. The Morgan fingerprint density at radius 1 is 1.18 bits per heavy atom. The van der Waals surface area contributed by atoms with Crippen LogP contribution in [0.1, 0.15) is 27.6 Å². The molecule has 1 rings (SSSR count). The number of rotatable bonds is 1. The van der Waals surface area contributed by atoms with E-state index in [1.807, 2.05) is 0 Å². The van der Waals surface area contributed by atoms with Crippen molar-refractivity contribution in [2.75, 3.05) is 0 Å². The Balaban J connectivity index is 3.40. The Labute approximate surface area is 75.0 Å². The quantitative estimate of drug-likeness (QED) is 0.606. The van der Waals surface area contributed by atoms with Crippen LogP contribution in [0.3, 0.4) is 0 Å². The van der Waals surface area contributed by atoms with Crippen LogP contribution in [0.25, 0.3) is 0 Å². The smallest absolute Gasteiger partial charge is 0.120 e. The first-order valence-corrected chi connectivity index (χ1v) is 3.41. The Morgan fingerprint density at radius 2 is 1.73 bits per heavy atom. The highest BCUT2D eigenvalue weighted by Gasteiger charge is 2.10. The normalized spacial score (nSPS) is 17.5. The molecule has 0 spiro atoms. The van der Waals surface area contributed by atoms with E-state index >= 15 is 0 Å². The fourth-order valence-corrected chi connectivity index (χ4v) is 0.596. The van der Waals surface area contributed by atoms with E-state index in [1.54, 1.807) is 20.8 Å². The van der Waals surface area contributed by atoms with Gasteiger partial charge in [0.2, 0.25) is 0 Å². The molecule has 1 nitrogen and oxygen atoms in total. The summed E-state index contributed by atoms with van der Waals surface area (Å²) in [5.41, 5.74) is -0.603. The Hall–Kier alpha value is -0.980. The summed E-state index contributed by atoms with van der Waals surface area (Å²) < 4.78 is 42.9. The van der Waals surface area contributed by atoms with Crippen LogP contribution < -0.4 is 4.74 Å². The van der Waals surface area contributed by atoms with Gasteiger partial charge in [0.1, 0.15) is 11.4 Å². The zero-order chi connectivity index (χ0) is 12.7. The molecule has 0 saturated carbocycles. The molecule has 0 N–H and O–H groups in total. The molecule has 0 heterocycles. The van der Waals surface area contributed by atoms with Gasteiger partial charge in [0.25, 0.3) is 0 Å². The monoisotopic (exact) mass is 155 g/mol. The van der Waals surface area contributed by atoms with Crippen LogP contribution in [0.15, 0.2) is 30.2 Å². The second kappa shape index (κ2) is 2.95. The summed E-state index contributed by atoms with van der Waals surface area (Å²) in [5, 5.41) is 0. The van der Waals surface area contributed by atoms with Gasteiger partial charge in [0.05, 0.1) is 6.85 Å². The Bertz CT molecular complexity index is 393. The van der Waals surface area contributed by atoms with Gasteiger partial charge in [0, 0.05) is 0 Å². The molecule has 0 aromatic heterocycles. The van der Waals surface area contributed by atoms with Gasteiger partial charge in [-0.2, -0.15) is 0 Å². The van der Waals surface area contributed by atoms with Gasteiger partial charge in [-0.05, 0) is 32.9 Å². The summed E-state index contributed by atoms with van der Waals surface area (Å²) in [6.45, 7) is 5.27. The van der Waals surface area contributed by atoms with Gasteiger partial charge in [-0.3, -0.25) is 0 Å². The van der Waals surface area contributed by atoms with Crippen molar-refractivity contribution in [3.05, 3.63) is 30.2 Å². The maximum Gasteiger partial charge on any atom is 0.120 e. The van der Waals surface area contributed by atoms with Crippen LogP contribution in [0.2, 0.25) is 0 Å². The minimum Gasteiger partial charge on any atom is -0.488 e. The molecule has 0 unspecified atom stereocenters. The van der Waals surface area contributed by atoms with Crippen molar-refractivity contribution in [3.63, 3.8) is 0 Å². The van der Waals surface area contributed by atoms with Gasteiger partial charge < -0.3 is 4.74 Å². The minimum absolute atomic E-state index is 0.0986. The molecule has 0 saturated heterocycles. The minimum atomic E-state index is -0.603. The van der Waals surface area contributed by atoms with Crippen LogP contribution in [-0.4, -0.2) is 5.60 Å². The molecule has 0 fully saturated rings. The van der Waals surface area contributed by atoms with Gasteiger partial charge in [-0.1, -0.05) is 18.1 Å². The molecule has 0 aliphatic rings. The van der Waals surface area contributed by atoms with Crippen LogP contribution in [0.4, 0.5) is 0 Å². The maximum atomic E-state index is 7.62. The molecule has 1 heteroatoms. The topological polar surface area (TPSA) is 9.23 Å². The zero-order valence-corrected chi connectivity index (χ0v) is 6.91. The molecule has 1 aromatic carbocycles. The summed E-state index contributed by atoms with van der Waals surface area (Å²) >= 11 is 0. The highest BCUT2D eigenvalue weighted by molar-refractivity contribution is 5.21. The van der Waals surface area contributed by atoms with Gasteiger partial charge in [0.15, 0.2) is 0 Å². The second-order valence-electron chi connectivity index (χ2n) is 3.17. The summed E-state index contributed by atoms with van der Waals surface area (Å²) in [5.74, 6) is -0.0986. The van der Waals surface area contributed by atoms with Gasteiger partial charge in [-0.25, -0.2) is 0 Å². The van der Waals surface area contributed by atoms with E-state index in [1.165, 1.54) is 0 Å². The summed E-state index contributed by atoms with van der Waals surface area (Å²) in [6, 6.07) is -1.77. The zero-order valence-electron chi connectivity index (χ0n) is 11.9.